The molecule has 0 bridgehead atoms. The molecule has 0 unspecified atom stereocenters. The first-order valence-corrected chi connectivity index (χ1v) is 8.04. The van der Waals surface area contributed by atoms with Gasteiger partial charge < -0.3 is 18.9 Å². The summed E-state index contributed by atoms with van der Waals surface area (Å²) in [6.45, 7) is 6.07. The van der Waals surface area contributed by atoms with Gasteiger partial charge in [0.05, 0.1) is 26.9 Å². The lowest BCUT2D eigenvalue weighted by molar-refractivity contribution is 0.0732. The smallest absolute Gasteiger partial charge is 0.343 e. The maximum absolute atomic E-state index is 12.7. The van der Waals surface area contributed by atoms with Crippen LogP contribution >= 0.6 is 0 Å². The van der Waals surface area contributed by atoms with Crippen molar-refractivity contribution in [1.82, 2.24) is 0 Å². The molecule has 0 saturated heterocycles. The molecule has 0 N–H and O–H groups in total. The Bertz CT molecular complexity index is 740. The van der Waals surface area contributed by atoms with Crippen LogP contribution in [0.25, 0.3) is 0 Å². The van der Waals surface area contributed by atoms with E-state index in [4.69, 9.17) is 18.9 Å². The number of esters is 1. The van der Waals surface area contributed by atoms with E-state index in [2.05, 4.69) is 13.8 Å². The van der Waals surface area contributed by atoms with Crippen molar-refractivity contribution < 1.29 is 23.7 Å². The number of ether oxygens (including phenoxy) is 4. The summed E-state index contributed by atoms with van der Waals surface area (Å²) < 4.78 is 21.5. The summed E-state index contributed by atoms with van der Waals surface area (Å²) in [7, 11) is 4.52. The minimum atomic E-state index is -0.480. The fraction of sp³-hybridized carbons (Fsp3) is 0.350. The largest absolute Gasteiger partial charge is 0.493 e. The summed E-state index contributed by atoms with van der Waals surface area (Å²) in [5, 5.41) is 0. The van der Waals surface area contributed by atoms with E-state index in [-0.39, 0.29) is 5.92 Å². The van der Waals surface area contributed by atoms with Gasteiger partial charge in [-0.1, -0.05) is 26.0 Å². The van der Waals surface area contributed by atoms with E-state index >= 15 is 0 Å². The van der Waals surface area contributed by atoms with Gasteiger partial charge in [-0.2, -0.15) is 0 Å². The molecule has 25 heavy (non-hydrogen) atoms. The number of benzene rings is 2. The highest BCUT2D eigenvalue weighted by atomic mass is 16.5. The topological polar surface area (TPSA) is 54.0 Å². The van der Waals surface area contributed by atoms with Crippen LogP contribution in [-0.4, -0.2) is 27.3 Å². The van der Waals surface area contributed by atoms with Crippen LogP contribution in [-0.2, 0) is 0 Å². The summed E-state index contributed by atoms with van der Waals surface area (Å²) >= 11 is 0. The fourth-order valence-electron chi connectivity index (χ4n) is 2.56. The Kier molecular flexibility index (Phi) is 5.91. The highest BCUT2D eigenvalue weighted by molar-refractivity contribution is 5.93. The third kappa shape index (κ3) is 4.05. The summed E-state index contributed by atoms with van der Waals surface area (Å²) in [5.41, 5.74) is 2.33. The fourth-order valence-corrected chi connectivity index (χ4v) is 2.56. The van der Waals surface area contributed by atoms with Crippen molar-refractivity contribution in [3.05, 3.63) is 47.0 Å². The third-order valence-corrected chi connectivity index (χ3v) is 3.89. The maximum Gasteiger partial charge on any atom is 0.343 e. The Morgan fingerprint density at radius 1 is 0.880 bits per heavy atom. The van der Waals surface area contributed by atoms with Crippen molar-refractivity contribution >= 4 is 5.97 Å². The van der Waals surface area contributed by atoms with Gasteiger partial charge in [-0.05, 0) is 42.2 Å². The molecule has 0 aliphatic heterocycles. The third-order valence-electron chi connectivity index (χ3n) is 3.89. The summed E-state index contributed by atoms with van der Waals surface area (Å²) in [4.78, 5) is 12.7. The number of hydrogen-bond acceptors (Lipinski definition) is 5. The number of aryl methyl sites for hydroxylation is 1. The van der Waals surface area contributed by atoms with Crippen LogP contribution in [0.15, 0.2) is 30.3 Å². The van der Waals surface area contributed by atoms with Gasteiger partial charge in [0.25, 0.3) is 0 Å². The molecule has 134 valence electrons. The molecule has 5 nitrogen and oxygen atoms in total. The van der Waals surface area contributed by atoms with E-state index in [0.717, 1.165) is 11.1 Å². The van der Waals surface area contributed by atoms with E-state index in [1.54, 1.807) is 12.1 Å². The summed E-state index contributed by atoms with van der Waals surface area (Å²) in [6, 6.07) is 9.01. The maximum atomic E-state index is 12.7. The van der Waals surface area contributed by atoms with Crippen LogP contribution in [0.4, 0.5) is 0 Å². The number of methoxy groups -OCH3 is 3. The monoisotopic (exact) mass is 344 g/mol. The summed E-state index contributed by atoms with van der Waals surface area (Å²) in [6.07, 6.45) is 0. The van der Waals surface area contributed by atoms with Gasteiger partial charge in [-0.15, -0.1) is 0 Å². The zero-order valence-corrected chi connectivity index (χ0v) is 15.5. The van der Waals surface area contributed by atoms with Gasteiger partial charge in [-0.25, -0.2) is 4.79 Å². The highest BCUT2D eigenvalue weighted by Gasteiger charge is 2.19. The van der Waals surface area contributed by atoms with Gasteiger partial charge in [0, 0.05) is 0 Å². The average molecular weight is 344 g/mol. The molecule has 0 aliphatic rings. The quantitative estimate of drug-likeness (QED) is 0.575. The number of hydrogen-bond donors (Lipinski definition) is 0. The van der Waals surface area contributed by atoms with Crippen LogP contribution in [0.3, 0.4) is 0 Å². The second-order valence-electron chi connectivity index (χ2n) is 6.00. The second kappa shape index (κ2) is 7.92. The highest BCUT2D eigenvalue weighted by Crippen LogP contribution is 2.38. The molecule has 0 spiro atoms. The first-order valence-electron chi connectivity index (χ1n) is 8.04. The lowest BCUT2D eigenvalue weighted by Gasteiger charge is -2.16. The molecular formula is C20H24O5. The molecule has 2 rings (SSSR count). The number of carbonyl (C=O) groups is 1. The number of carbonyl (C=O) groups excluding carboxylic acids is 1. The molecule has 0 saturated carbocycles. The first kappa shape index (κ1) is 18.6. The molecular weight excluding hydrogens is 320 g/mol. The van der Waals surface area contributed by atoms with E-state index in [0.29, 0.717) is 28.6 Å². The normalized spacial score (nSPS) is 10.5. The zero-order valence-electron chi connectivity index (χ0n) is 15.5. The molecule has 2 aromatic rings. The van der Waals surface area contributed by atoms with Crippen LogP contribution in [0.1, 0.15) is 41.3 Å². The van der Waals surface area contributed by atoms with Crippen molar-refractivity contribution in [2.45, 2.75) is 26.7 Å². The van der Waals surface area contributed by atoms with Gasteiger partial charge >= 0.3 is 5.97 Å². The van der Waals surface area contributed by atoms with E-state index < -0.39 is 5.97 Å². The van der Waals surface area contributed by atoms with Gasteiger partial charge in [0.15, 0.2) is 11.5 Å². The Morgan fingerprint density at radius 2 is 1.48 bits per heavy atom. The zero-order chi connectivity index (χ0) is 18.6. The molecule has 0 radical (unpaired) electrons. The minimum Gasteiger partial charge on any atom is -0.493 e. The van der Waals surface area contributed by atoms with Gasteiger partial charge in [-0.3, -0.25) is 0 Å². The van der Waals surface area contributed by atoms with Crippen molar-refractivity contribution in [2.75, 3.05) is 21.3 Å². The van der Waals surface area contributed by atoms with Gasteiger partial charge in [0.1, 0.15) is 5.75 Å². The van der Waals surface area contributed by atoms with E-state index in [9.17, 15) is 4.79 Å². The van der Waals surface area contributed by atoms with Crippen molar-refractivity contribution in [1.29, 1.82) is 0 Å². The van der Waals surface area contributed by atoms with Crippen molar-refractivity contribution in [3.63, 3.8) is 0 Å². The van der Waals surface area contributed by atoms with Crippen LogP contribution in [0.5, 0.6) is 23.0 Å². The lowest BCUT2D eigenvalue weighted by atomic mass is 10.0. The standard InChI is InChI=1S/C20H24O5/c1-12(2)15-8-7-13(3)9-16(15)25-20(21)14-10-17(22-4)19(24-6)18(11-14)23-5/h7-12H,1-6H3. The Labute approximate surface area is 148 Å². The molecule has 0 heterocycles. The first-order chi connectivity index (χ1) is 11.9. The Morgan fingerprint density at radius 3 is 1.96 bits per heavy atom. The predicted molar refractivity (Wildman–Crippen MR) is 96.3 cm³/mol. The molecule has 0 aliphatic carbocycles. The lowest BCUT2D eigenvalue weighted by Crippen LogP contribution is -2.11. The number of rotatable bonds is 6. The van der Waals surface area contributed by atoms with E-state index in [1.807, 2.05) is 25.1 Å². The Balaban J connectivity index is 2.41. The van der Waals surface area contributed by atoms with Crippen LogP contribution in [0, 0.1) is 6.92 Å². The van der Waals surface area contributed by atoms with Crippen LogP contribution < -0.4 is 18.9 Å². The van der Waals surface area contributed by atoms with Gasteiger partial charge in [0.2, 0.25) is 5.75 Å². The summed E-state index contributed by atoms with van der Waals surface area (Å²) in [5.74, 6) is 1.56. The molecule has 2 aromatic carbocycles. The average Bonchev–Trinajstić information content (AvgIpc) is 2.59. The molecule has 5 heteroatoms. The van der Waals surface area contributed by atoms with Crippen molar-refractivity contribution in [2.24, 2.45) is 0 Å². The molecule has 0 amide bonds. The predicted octanol–water partition coefficient (Wildman–Crippen LogP) is 4.36. The Hall–Kier alpha value is -2.69. The molecule has 0 fully saturated rings. The van der Waals surface area contributed by atoms with E-state index in [1.165, 1.54) is 21.3 Å². The van der Waals surface area contributed by atoms with Crippen molar-refractivity contribution in [3.8, 4) is 23.0 Å². The van der Waals surface area contributed by atoms with Crippen LogP contribution in [0.2, 0.25) is 0 Å². The SMILES string of the molecule is COc1cc(C(=O)Oc2cc(C)ccc2C(C)C)cc(OC)c1OC. The minimum absolute atomic E-state index is 0.239. The molecule has 0 atom stereocenters. The molecule has 0 aromatic heterocycles. The second-order valence-corrected chi connectivity index (χ2v) is 6.00.